The molecule has 1 amide bonds. The van der Waals surface area contributed by atoms with Crippen LogP contribution in [0.25, 0.3) is 0 Å². The van der Waals surface area contributed by atoms with Gasteiger partial charge >= 0.3 is 5.97 Å². The van der Waals surface area contributed by atoms with Crippen LogP contribution in [0.2, 0.25) is 0 Å². The zero-order chi connectivity index (χ0) is 26.1. The third-order valence-corrected chi connectivity index (χ3v) is 9.36. The van der Waals surface area contributed by atoms with Crippen molar-refractivity contribution in [3.05, 3.63) is 64.7 Å². The molecule has 2 saturated heterocycles. The van der Waals surface area contributed by atoms with E-state index in [-0.39, 0.29) is 32.1 Å². The summed E-state index contributed by atoms with van der Waals surface area (Å²) >= 11 is 0. The second kappa shape index (κ2) is 10.3. The number of aryl methyl sites for hydroxylation is 3. The molecule has 8 nitrogen and oxygen atoms in total. The summed E-state index contributed by atoms with van der Waals surface area (Å²) in [4.78, 5) is 27.8. The highest BCUT2D eigenvalue weighted by Gasteiger charge is 2.53. The minimum Gasteiger partial charge on any atom is -0.465 e. The van der Waals surface area contributed by atoms with Crippen LogP contribution in [0, 0.1) is 20.8 Å². The first-order chi connectivity index (χ1) is 17.1. The maximum atomic E-state index is 13.6. The summed E-state index contributed by atoms with van der Waals surface area (Å²) in [5, 5.41) is 3.49. The van der Waals surface area contributed by atoms with Crippen LogP contribution in [-0.4, -0.2) is 67.4 Å². The van der Waals surface area contributed by atoms with E-state index in [1.165, 1.54) is 4.31 Å². The lowest BCUT2D eigenvalue weighted by Gasteiger charge is -2.44. The van der Waals surface area contributed by atoms with Crippen molar-refractivity contribution >= 4 is 21.9 Å². The average Bonchev–Trinajstić information content (AvgIpc) is 3.04. The van der Waals surface area contributed by atoms with E-state index in [4.69, 9.17) is 4.74 Å². The number of benzene rings is 2. The van der Waals surface area contributed by atoms with Crippen LogP contribution in [0.5, 0.6) is 0 Å². The Kier molecular flexibility index (Phi) is 7.54. The van der Waals surface area contributed by atoms with Crippen LogP contribution >= 0.6 is 0 Å². The van der Waals surface area contributed by atoms with Crippen molar-refractivity contribution in [1.82, 2.24) is 14.5 Å². The van der Waals surface area contributed by atoms with Gasteiger partial charge in [-0.05, 0) is 63.6 Å². The zero-order valence-electron chi connectivity index (χ0n) is 21.4. The van der Waals surface area contributed by atoms with Gasteiger partial charge in [0.25, 0.3) is 0 Å². The predicted molar refractivity (Wildman–Crippen MR) is 137 cm³/mol. The lowest BCUT2D eigenvalue weighted by molar-refractivity contribution is -0.151. The molecule has 2 aliphatic heterocycles. The quantitative estimate of drug-likeness (QED) is 0.572. The second-order valence-corrected chi connectivity index (χ2v) is 11.7. The normalized spacial score (nSPS) is 20.2. The molecule has 2 fully saturated rings. The van der Waals surface area contributed by atoms with Gasteiger partial charge in [0.1, 0.15) is 6.54 Å². The predicted octanol–water partition coefficient (Wildman–Crippen LogP) is 2.70. The molecule has 0 aliphatic carbocycles. The van der Waals surface area contributed by atoms with E-state index in [1.54, 1.807) is 11.8 Å². The Labute approximate surface area is 213 Å². The summed E-state index contributed by atoms with van der Waals surface area (Å²) in [5.74, 6) is -0.623. The van der Waals surface area contributed by atoms with Crippen molar-refractivity contribution in [2.45, 2.75) is 63.6 Å². The van der Waals surface area contributed by atoms with Crippen LogP contribution in [-0.2, 0) is 30.8 Å². The molecule has 4 rings (SSSR count). The lowest BCUT2D eigenvalue weighted by Crippen LogP contribution is -2.60. The minimum atomic E-state index is -3.70. The maximum Gasteiger partial charge on any atom is 0.325 e. The Balaban J connectivity index is 1.58. The average molecular weight is 514 g/mol. The van der Waals surface area contributed by atoms with Crippen molar-refractivity contribution < 1.29 is 22.7 Å². The summed E-state index contributed by atoms with van der Waals surface area (Å²) in [6.45, 7) is 7.89. The molecule has 2 aliphatic rings. The number of sulfonamides is 1. The highest BCUT2D eigenvalue weighted by molar-refractivity contribution is 7.89. The van der Waals surface area contributed by atoms with Gasteiger partial charge < -0.3 is 9.64 Å². The van der Waals surface area contributed by atoms with Crippen molar-refractivity contribution in [2.24, 2.45) is 0 Å². The summed E-state index contributed by atoms with van der Waals surface area (Å²) in [5.41, 5.74) is 2.70. The van der Waals surface area contributed by atoms with E-state index in [9.17, 15) is 18.0 Å². The van der Waals surface area contributed by atoms with Gasteiger partial charge in [0.2, 0.25) is 15.9 Å². The molecule has 36 heavy (non-hydrogen) atoms. The number of nitrogens with zero attached hydrogens (tertiary/aromatic N) is 2. The van der Waals surface area contributed by atoms with Crippen LogP contribution < -0.4 is 5.32 Å². The Hall–Kier alpha value is -2.75. The summed E-state index contributed by atoms with van der Waals surface area (Å²) in [7, 11) is -3.70. The number of esters is 1. The van der Waals surface area contributed by atoms with Gasteiger partial charge in [-0.1, -0.05) is 48.0 Å². The number of carbonyl (C=O) groups is 2. The van der Waals surface area contributed by atoms with Gasteiger partial charge in [-0.25, -0.2) is 8.42 Å². The molecule has 0 saturated carbocycles. The second-order valence-electron chi connectivity index (χ2n) is 9.78. The molecule has 0 bridgehead atoms. The number of piperidine rings is 1. The molecule has 2 aromatic carbocycles. The first-order valence-electron chi connectivity index (χ1n) is 12.4. The number of ether oxygens (including phenoxy) is 1. The fourth-order valence-electron chi connectivity index (χ4n) is 5.63. The third kappa shape index (κ3) is 5.05. The fourth-order valence-corrected chi connectivity index (χ4v) is 7.48. The molecule has 0 radical (unpaired) electrons. The number of amides is 1. The SMILES string of the molecule is CCOC(=O)CN1C(=O)C(Cc2ccccc2)NC12CCN(S(=O)(=O)c1c(C)cc(C)cc1C)CC2. The molecule has 1 atom stereocenters. The van der Waals surface area contributed by atoms with Crippen LogP contribution in [0.3, 0.4) is 0 Å². The van der Waals surface area contributed by atoms with Crippen LogP contribution in [0.4, 0.5) is 0 Å². The molecular formula is C27H35N3O5S. The molecule has 1 N–H and O–H groups in total. The number of hydrogen-bond acceptors (Lipinski definition) is 6. The van der Waals surface area contributed by atoms with Gasteiger partial charge in [0, 0.05) is 13.1 Å². The van der Waals surface area contributed by atoms with E-state index in [1.807, 2.05) is 63.2 Å². The number of nitrogens with one attached hydrogen (secondary N) is 1. The van der Waals surface area contributed by atoms with Gasteiger partial charge in [0.05, 0.1) is 23.2 Å². The summed E-state index contributed by atoms with van der Waals surface area (Å²) in [6.07, 6.45) is 1.25. The van der Waals surface area contributed by atoms with E-state index >= 15 is 0 Å². The molecule has 1 spiro atoms. The molecule has 194 valence electrons. The number of rotatable bonds is 7. The van der Waals surface area contributed by atoms with E-state index in [0.717, 1.165) is 22.3 Å². The largest absolute Gasteiger partial charge is 0.465 e. The van der Waals surface area contributed by atoms with E-state index in [2.05, 4.69) is 5.32 Å². The van der Waals surface area contributed by atoms with E-state index < -0.39 is 27.7 Å². The van der Waals surface area contributed by atoms with Gasteiger partial charge in [-0.2, -0.15) is 4.31 Å². The topological polar surface area (TPSA) is 96.0 Å². The monoisotopic (exact) mass is 513 g/mol. The van der Waals surface area contributed by atoms with Gasteiger partial charge in [-0.3, -0.25) is 14.9 Å². The Morgan fingerprint density at radius 1 is 1.08 bits per heavy atom. The molecule has 2 heterocycles. The lowest BCUT2D eigenvalue weighted by atomic mass is 9.97. The van der Waals surface area contributed by atoms with Gasteiger partial charge in [0.15, 0.2) is 0 Å². The fraction of sp³-hybridized carbons (Fsp3) is 0.481. The first kappa shape index (κ1) is 26.3. The van der Waals surface area contributed by atoms with Crippen molar-refractivity contribution in [3.63, 3.8) is 0 Å². The van der Waals surface area contributed by atoms with Crippen molar-refractivity contribution in [3.8, 4) is 0 Å². The maximum absolute atomic E-state index is 13.6. The van der Waals surface area contributed by atoms with Crippen molar-refractivity contribution in [2.75, 3.05) is 26.2 Å². The molecular weight excluding hydrogens is 478 g/mol. The third-order valence-electron chi connectivity index (χ3n) is 7.15. The first-order valence-corrected chi connectivity index (χ1v) is 13.9. The zero-order valence-corrected chi connectivity index (χ0v) is 22.2. The summed E-state index contributed by atoms with van der Waals surface area (Å²) in [6, 6.07) is 13.0. The van der Waals surface area contributed by atoms with Crippen LogP contribution in [0.15, 0.2) is 47.4 Å². The molecule has 1 unspecified atom stereocenters. The summed E-state index contributed by atoms with van der Waals surface area (Å²) < 4.78 is 33.9. The number of carbonyl (C=O) groups excluding carboxylic acids is 2. The smallest absolute Gasteiger partial charge is 0.325 e. The minimum absolute atomic E-state index is 0.159. The molecule has 0 aromatic heterocycles. The van der Waals surface area contributed by atoms with Crippen molar-refractivity contribution in [1.29, 1.82) is 0 Å². The van der Waals surface area contributed by atoms with E-state index in [0.29, 0.717) is 24.2 Å². The highest BCUT2D eigenvalue weighted by Crippen LogP contribution is 2.36. The Morgan fingerprint density at radius 3 is 2.28 bits per heavy atom. The van der Waals surface area contributed by atoms with Gasteiger partial charge in [-0.15, -0.1) is 0 Å². The Morgan fingerprint density at radius 2 is 1.69 bits per heavy atom. The highest BCUT2D eigenvalue weighted by atomic mass is 32.2. The Bertz CT molecular complexity index is 1210. The number of hydrogen-bond donors (Lipinski definition) is 1. The molecule has 2 aromatic rings. The molecule has 9 heteroatoms. The van der Waals surface area contributed by atoms with Crippen LogP contribution in [0.1, 0.15) is 42.0 Å². The standard InChI is InChI=1S/C27H35N3O5S/c1-5-35-24(31)18-30-26(32)23(17-22-9-7-6-8-10-22)28-27(30)11-13-29(14-12-27)36(33,34)25-20(3)15-19(2)16-21(25)4/h6-10,15-16,23,28H,5,11-14,17-18H2,1-4H3.